The van der Waals surface area contributed by atoms with Crippen molar-refractivity contribution in [2.24, 2.45) is 5.92 Å². The van der Waals surface area contributed by atoms with Crippen molar-refractivity contribution in [2.75, 3.05) is 25.4 Å². The van der Waals surface area contributed by atoms with Crippen LogP contribution in [0.1, 0.15) is 41.3 Å². The number of hydrogen-bond donors (Lipinski definition) is 1. The van der Waals surface area contributed by atoms with Crippen LogP contribution in [0.3, 0.4) is 0 Å². The zero-order valence-corrected chi connectivity index (χ0v) is 20.6. The van der Waals surface area contributed by atoms with Crippen LogP contribution in [0.15, 0.2) is 53.6 Å². The van der Waals surface area contributed by atoms with Gasteiger partial charge in [0.15, 0.2) is 0 Å². The van der Waals surface area contributed by atoms with Crippen molar-refractivity contribution in [3.05, 3.63) is 65.4 Å². The summed E-state index contributed by atoms with van der Waals surface area (Å²) in [7, 11) is 0. The smallest absolute Gasteiger partial charge is 0.251 e. The molecule has 0 aliphatic carbocycles. The van der Waals surface area contributed by atoms with Gasteiger partial charge in [-0.25, -0.2) is 0 Å². The van der Waals surface area contributed by atoms with Crippen LogP contribution >= 0.6 is 11.8 Å². The van der Waals surface area contributed by atoms with Gasteiger partial charge in [0, 0.05) is 53.7 Å². The molecule has 2 heterocycles. The van der Waals surface area contributed by atoms with Crippen LogP contribution in [0.2, 0.25) is 0 Å². The Morgan fingerprint density at radius 1 is 1.06 bits per heavy atom. The summed E-state index contributed by atoms with van der Waals surface area (Å²) in [6.07, 6.45) is 4.32. The first-order chi connectivity index (χ1) is 15.9. The number of thioether (sulfide) groups is 1. The number of aryl methyl sites for hydroxylation is 2. The molecule has 33 heavy (non-hydrogen) atoms. The Morgan fingerprint density at radius 3 is 2.48 bits per heavy atom. The van der Waals surface area contributed by atoms with E-state index in [9.17, 15) is 9.59 Å². The lowest BCUT2D eigenvalue weighted by molar-refractivity contribution is -0.129. The second kappa shape index (κ2) is 10.5. The van der Waals surface area contributed by atoms with Gasteiger partial charge in [-0.2, -0.15) is 0 Å². The normalized spacial score (nSPS) is 14.6. The van der Waals surface area contributed by atoms with E-state index in [2.05, 4.69) is 41.2 Å². The van der Waals surface area contributed by atoms with Gasteiger partial charge < -0.3 is 14.8 Å². The zero-order valence-electron chi connectivity index (χ0n) is 19.8. The average molecular weight is 464 g/mol. The van der Waals surface area contributed by atoms with Crippen molar-refractivity contribution in [1.82, 2.24) is 14.8 Å². The molecule has 0 bridgehead atoms. The summed E-state index contributed by atoms with van der Waals surface area (Å²) < 4.78 is 2.17. The van der Waals surface area contributed by atoms with Crippen LogP contribution < -0.4 is 5.32 Å². The SMILES string of the molecule is Cc1cc(C)cc(C(=O)NCCn2cc(SCC(=O)N3CCC(C)CC3)c3ccccc32)c1. The number of rotatable bonds is 7. The largest absolute Gasteiger partial charge is 0.350 e. The van der Waals surface area contributed by atoms with Crippen molar-refractivity contribution in [2.45, 2.75) is 45.1 Å². The van der Waals surface area contributed by atoms with Gasteiger partial charge in [-0.05, 0) is 50.8 Å². The lowest BCUT2D eigenvalue weighted by atomic mass is 9.99. The predicted molar refractivity (Wildman–Crippen MR) is 136 cm³/mol. The number of para-hydroxylation sites is 1. The fourth-order valence-electron chi connectivity index (χ4n) is 4.50. The van der Waals surface area contributed by atoms with Crippen molar-refractivity contribution in [3.8, 4) is 0 Å². The Kier molecular flexibility index (Phi) is 7.43. The van der Waals surface area contributed by atoms with Gasteiger partial charge in [0.1, 0.15) is 0 Å². The van der Waals surface area contributed by atoms with Crippen molar-refractivity contribution in [3.63, 3.8) is 0 Å². The Balaban J connectivity index is 1.38. The first kappa shape index (κ1) is 23.4. The highest BCUT2D eigenvalue weighted by molar-refractivity contribution is 8.00. The number of nitrogens with zero attached hydrogens (tertiary/aromatic N) is 2. The molecule has 3 aromatic rings. The lowest BCUT2D eigenvalue weighted by Gasteiger charge is -2.30. The molecule has 6 heteroatoms. The van der Waals surface area contributed by atoms with Crippen LogP contribution in [0, 0.1) is 19.8 Å². The molecule has 2 aromatic carbocycles. The molecule has 1 saturated heterocycles. The molecule has 1 fully saturated rings. The molecule has 0 unspecified atom stereocenters. The van der Waals surface area contributed by atoms with E-state index >= 15 is 0 Å². The molecular formula is C27H33N3O2S. The molecule has 2 amide bonds. The van der Waals surface area contributed by atoms with Crippen LogP contribution in [0.5, 0.6) is 0 Å². The number of benzene rings is 2. The highest BCUT2D eigenvalue weighted by Gasteiger charge is 2.21. The lowest BCUT2D eigenvalue weighted by Crippen LogP contribution is -2.38. The summed E-state index contributed by atoms with van der Waals surface area (Å²) in [6.45, 7) is 9.24. The number of nitrogens with one attached hydrogen (secondary N) is 1. The second-order valence-electron chi connectivity index (χ2n) is 9.19. The third-order valence-corrected chi connectivity index (χ3v) is 7.39. The van der Waals surface area contributed by atoms with E-state index in [1.807, 2.05) is 43.0 Å². The van der Waals surface area contributed by atoms with Gasteiger partial charge in [0.25, 0.3) is 5.91 Å². The van der Waals surface area contributed by atoms with Gasteiger partial charge in [-0.1, -0.05) is 42.3 Å². The van der Waals surface area contributed by atoms with Crippen molar-refractivity contribution < 1.29 is 9.59 Å². The van der Waals surface area contributed by atoms with Gasteiger partial charge in [0.05, 0.1) is 5.75 Å². The number of aromatic nitrogens is 1. The quantitative estimate of drug-likeness (QED) is 0.500. The van der Waals surface area contributed by atoms with E-state index in [4.69, 9.17) is 0 Å². The minimum atomic E-state index is -0.0469. The number of piperidine rings is 1. The molecule has 4 rings (SSSR count). The van der Waals surface area contributed by atoms with E-state index in [-0.39, 0.29) is 11.8 Å². The maximum atomic E-state index is 12.7. The number of carbonyl (C=O) groups is 2. The molecule has 174 valence electrons. The number of amides is 2. The predicted octanol–water partition coefficient (Wildman–Crippen LogP) is 5.04. The molecular weight excluding hydrogens is 430 g/mol. The third-order valence-electron chi connectivity index (χ3n) is 6.36. The maximum absolute atomic E-state index is 12.7. The van der Waals surface area contributed by atoms with Gasteiger partial charge in [-0.15, -0.1) is 11.8 Å². The summed E-state index contributed by atoms with van der Waals surface area (Å²) in [5, 5.41) is 4.20. The average Bonchev–Trinajstić information content (AvgIpc) is 3.15. The summed E-state index contributed by atoms with van der Waals surface area (Å²) in [4.78, 5) is 28.4. The van der Waals surface area contributed by atoms with Crippen LogP contribution in [0.4, 0.5) is 0 Å². The monoisotopic (exact) mass is 463 g/mol. The van der Waals surface area contributed by atoms with Crippen LogP contribution in [0.25, 0.3) is 10.9 Å². The molecule has 1 N–H and O–H groups in total. The molecule has 0 radical (unpaired) electrons. The number of likely N-dealkylation sites (tertiary alicyclic amines) is 1. The number of carbonyl (C=O) groups excluding carboxylic acids is 2. The summed E-state index contributed by atoms with van der Waals surface area (Å²) in [5.74, 6) is 1.36. The first-order valence-electron chi connectivity index (χ1n) is 11.8. The van der Waals surface area contributed by atoms with Gasteiger partial charge in [0.2, 0.25) is 5.91 Å². The highest BCUT2D eigenvalue weighted by Crippen LogP contribution is 2.30. The van der Waals surface area contributed by atoms with Gasteiger partial charge >= 0.3 is 0 Å². The molecule has 0 spiro atoms. The Hall–Kier alpha value is -2.73. The van der Waals surface area contributed by atoms with E-state index in [1.165, 1.54) is 0 Å². The zero-order chi connectivity index (χ0) is 23.4. The fraction of sp³-hybridized carbons (Fsp3) is 0.407. The molecule has 5 nitrogen and oxygen atoms in total. The Labute approximate surface area is 200 Å². The Bertz CT molecular complexity index is 1130. The Morgan fingerprint density at radius 2 is 1.76 bits per heavy atom. The van der Waals surface area contributed by atoms with Crippen molar-refractivity contribution >= 4 is 34.5 Å². The second-order valence-corrected chi connectivity index (χ2v) is 10.2. The molecule has 1 aliphatic heterocycles. The summed E-state index contributed by atoms with van der Waals surface area (Å²) in [5.41, 5.74) is 4.00. The minimum Gasteiger partial charge on any atom is -0.350 e. The maximum Gasteiger partial charge on any atom is 0.251 e. The molecule has 0 saturated carbocycles. The fourth-order valence-corrected chi connectivity index (χ4v) is 5.49. The van der Waals surface area contributed by atoms with Crippen LogP contribution in [-0.2, 0) is 11.3 Å². The molecule has 0 atom stereocenters. The van der Waals surface area contributed by atoms with Crippen LogP contribution in [-0.4, -0.2) is 46.7 Å². The number of hydrogen-bond acceptors (Lipinski definition) is 3. The van der Waals surface area contributed by atoms with E-state index < -0.39 is 0 Å². The molecule has 1 aromatic heterocycles. The summed E-state index contributed by atoms with van der Waals surface area (Å²) in [6, 6.07) is 14.2. The summed E-state index contributed by atoms with van der Waals surface area (Å²) >= 11 is 1.61. The molecule has 1 aliphatic rings. The topological polar surface area (TPSA) is 54.3 Å². The standard InChI is InChI=1S/C27H33N3O2S/c1-19-8-11-29(12-9-19)26(31)18-33-25-17-30(24-7-5-4-6-23(24)25)13-10-28-27(32)22-15-20(2)14-21(3)16-22/h4-7,14-17,19H,8-13,18H2,1-3H3,(H,28,32). The van der Waals surface area contributed by atoms with Gasteiger partial charge in [-0.3, -0.25) is 9.59 Å². The minimum absolute atomic E-state index is 0.0469. The van der Waals surface area contributed by atoms with E-state index in [0.29, 0.717) is 24.4 Å². The first-order valence-corrected chi connectivity index (χ1v) is 12.7. The van der Waals surface area contributed by atoms with E-state index in [0.717, 1.165) is 58.8 Å². The third kappa shape index (κ3) is 5.80. The highest BCUT2D eigenvalue weighted by atomic mass is 32.2. The van der Waals surface area contributed by atoms with E-state index in [1.54, 1.807) is 11.8 Å². The number of fused-ring (bicyclic) bond motifs is 1. The van der Waals surface area contributed by atoms with Crippen molar-refractivity contribution in [1.29, 1.82) is 0 Å².